The molecule has 3 rings (SSSR count). The van der Waals surface area contributed by atoms with Crippen molar-refractivity contribution in [2.45, 2.75) is 13.0 Å². The molecule has 9 heteroatoms. The Labute approximate surface area is 163 Å². The SMILES string of the molecule is CN=C(NCc1ncnn1C)N1CCN(C(=O)Cc2cccc(Cl)c2)CC1. The lowest BCUT2D eigenvalue weighted by Crippen LogP contribution is -2.54. The van der Waals surface area contributed by atoms with Crippen LogP contribution in [0.2, 0.25) is 5.02 Å². The molecule has 27 heavy (non-hydrogen) atoms. The van der Waals surface area contributed by atoms with Gasteiger partial charge in [-0.15, -0.1) is 0 Å². The van der Waals surface area contributed by atoms with Gasteiger partial charge in [-0.25, -0.2) is 4.98 Å². The van der Waals surface area contributed by atoms with Crippen molar-refractivity contribution in [2.24, 2.45) is 12.0 Å². The summed E-state index contributed by atoms with van der Waals surface area (Å²) in [5.41, 5.74) is 0.941. The molecule has 1 aromatic carbocycles. The number of aromatic nitrogens is 3. The number of benzene rings is 1. The van der Waals surface area contributed by atoms with E-state index >= 15 is 0 Å². The first-order valence-corrected chi connectivity index (χ1v) is 9.25. The number of piperazine rings is 1. The van der Waals surface area contributed by atoms with E-state index in [9.17, 15) is 4.79 Å². The van der Waals surface area contributed by atoms with Crippen molar-refractivity contribution in [2.75, 3.05) is 33.2 Å². The number of halogens is 1. The largest absolute Gasteiger partial charge is 0.349 e. The lowest BCUT2D eigenvalue weighted by Gasteiger charge is -2.36. The molecule has 0 bridgehead atoms. The van der Waals surface area contributed by atoms with Crippen LogP contribution in [0.4, 0.5) is 0 Å². The zero-order chi connectivity index (χ0) is 19.2. The Morgan fingerprint density at radius 1 is 1.26 bits per heavy atom. The van der Waals surface area contributed by atoms with Gasteiger partial charge in [0.1, 0.15) is 12.2 Å². The third-order valence-corrected chi connectivity index (χ3v) is 4.83. The molecule has 0 saturated carbocycles. The second-order valence-electron chi connectivity index (χ2n) is 6.38. The van der Waals surface area contributed by atoms with E-state index in [-0.39, 0.29) is 5.91 Å². The maximum atomic E-state index is 12.5. The van der Waals surface area contributed by atoms with Crippen molar-refractivity contribution < 1.29 is 4.79 Å². The summed E-state index contributed by atoms with van der Waals surface area (Å²) >= 11 is 6.00. The fraction of sp³-hybridized carbons (Fsp3) is 0.444. The second-order valence-corrected chi connectivity index (χ2v) is 6.81. The predicted molar refractivity (Wildman–Crippen MR) is 105 cm³/mol. The van der Waals surface area contributed by atoms with Gasteiger partial charge in [0.15, 0.2) is 5.96 Å². The Bertz CT molecular complexity index is 812. The maximum absolute atomic E-state index is 12.5. The summed E-state index contributed by atoms with van der Waals surface area (Å²) in [7, 11) is 3.62. The molecular weight excluding hydrogens is 366 g/mol. The molecule has 0 aliphatic carbocycles. The lowest BCUT2D eigenvalue weighted by molar-refractivity contribution is -0.131. The highest BCUT2D eigenvalue weighted by molar-refractivity contribution is 6.30. The molecule has 0 spiro atoms. The van der Waals surface area contributed by atoms with E-state index in [1.54, 1.807) is 11.7 Å². The van der Waals surface area contributed by atoms with Gasteiger partial charge in [-0.1, -0.05) is 23.7 Å². The highest BCUT2D eigenvalue weighted by Crippen LogP contribution is 2.13. The Hall–Kier alpha value is -2.61. The fourth-order valence-corrected chi connectivity index (χ4v) is 3.28. The van der Waals surface area contributed by atoms with Crippen LogP contribution >= 0.6 is 11.6 Å². The first-order chi connectivity index (χ1) is 13.1. The van der Waals surface area contributed by atoms with E-state index in [0.717, 1.165) is 30.4 Å². The van der Waals surface area contributed by atoms with E-state index in [2.05, 4.69) is 25.3 Å². The fourth-order valence-electron chi connectivity index (χ4n) is 3.07. The van der Waals surface area contributed by atoms with Gasteiger partial charge in [0.25, 0.3) is 0 Å². The average Bonchev–Trinajstić information content (AvgIpc) is 3.08. The standard InChI is InChI=1S/C18H24ClN7O/c1-20-18(21-12-16-22-13-23-24(16)2)26-8-6-25(7-9-26)17(27)11-14-4-3-5-15(19)10-14/h3-5,10,13H,6-9,11-12H2,1-2H3,(H,20,21). The molecule has 1 amide bonds. The minimum absolute atomic E-state index is 0.124. The number of carbonyl (C=O) groups is 1. The number of nitrogens with one attached hydrogen (secondary N) is 1. The number of carbonyl (C=O) groups excluding carboxylic acids is 1. The molecule has 8 nitrogen and oxygen atoms in total. The van der Waals surface area contributed by atoms with Gasteiger partial charge in [0.2, 0.25) is 5.91 Å². The molecule has 2 heterocycles. The Morgan fingerprint density at radius 3 is 2.63 bits per heavy atom. The third kappa shape index (κ3) is 4.97. The normalized spacial score (nSPS) is 15.1. The summed E-state index contributed by atoms with van der Waals surface area (Å²) in [6.07, 6.45) is 1.91. The molecule has 0 atom stereocenters. The topological polar surface area (TPSA) is 78.7 Å². The van der Waals surface area contributed by atoms with Crippen molar-refractivity contribution in [1.29, 1.82) is 0 Å². The van der Waals surface area contributed by atoms with Crippen LogP contribution in [-0.2, 0) is 24.8 Å². The predicted octanol–water partition coefficient (Wildman–Crippen LogP) is 0.931. The summed E-state index contributed by atoms with van der Waals surface area (Å²) < 4.78 is 1.73. The molecule has 0 unspecified atom stereocenters. The summed E-state index contributed by atoms with van der Waals surface area (Å²) in [4.78, 5) is 25.1. The van der Waals surface area contributed by atoms with Crippen LogP contribution in [0.25, 0.3) is 0 Å². The van der Waals surface area contributed by atoms with Gasteiger partial charge in [0, 0.05) is 45.3 Å². The quantitative estimate of drug-likeness (QED) is 0.621. The number of guanidine groups is 1. The molecular formula is C18H24ClN7O. The number of hydrogen-bond acceptors (Lipinski definition) is 4. The summed E-state index contributed by atoms with van der Waals surface area (Å²) in [5, 5.41) is 8.02. The number of aryl methyl sites for hydroxylation is 1. The van der Waals surface area contributed by atoms with Gasteiger partial charge in [-0.3, -0.25) is 14.5 Å². The van der Waals surface area contributed by atoms with Gasteiger partial charge in [0.05, 0.1) is 13.0 Å². The molecule has 1 N–H and O–H groups in total. The first kappa shape index (κ1) is 19.2. The van der Waals surface area contributed by atoms with Crippen molar-refractivity contribution in [1.82, 2.24) is 29.9 Å². The van der Waals surface area contributed by atoms with Crippen molar-refractivity contribution >= 4 is 23.5 Å². The lowest BCUT2D eigenvalue weighted by atomic mass is 10.1. The van der Waals surface area contributed by atoms with E-state index in [0.29, 0.717) is 31.1 Å². The van der Waals surface area contributed by atoms with Crippen LogP contribution in [-0.4, -0.2) is 69.7 Å². The van der Waals surface area contributed by atoms with E-state index in [4.69, 9.17) is 11.6 Å². The van der Waals surface area contributed by atoms with Gasteiger partial charge in [-0.2, -0.15) is 5.10 Å². The van der Waals surface area contributed by atoms with Crippen LogP contribution in [0.15, 0.2) is 35.6 Å². The Balaban J connectivity index is 1.49. The summed E-state index contributed by atoms with van der Waals surface area (Å²) in [5.74, 6) is 1.77. The molecule has 1 fully saturated rings. The molecule has 2 aromatic rings. The average molecular weight is 390 g/mol. The molecule has 0 radical (unpaired) electrons. The smallest absolute Gasteiger partial charge is 0.227 e. The second kappa shape index (κ2) is 8.85. The maximum Gasteiger partial charge on any atom is 0.227 e. The van der Waals surface area contributed by atoms with Crippen molar-refractivity contribution in [3.05, 3.63) is 47.0 Å². The minimum atomic E-state index is 0.124. The molecule has 144 valence electrons. The third-order valence-electron chi connectivity index (χ3n) is 4.60. The Kier molecular flexibility index (Phi) is 6.28. The minimum Gasteiger partial charge on any atom is -0.349 e. The number of hydrogen-bond donors (Lipinski definition) is 1. The molecule has 1 saturated heterocycles. The van der Waals surface area contributed by atoms with Crippen LogP contribution in [0.5, 0.6) is 0 Å². The number of nitrogens with zero attached hydrogens (tertiary/aromatic N) is 6. The van der Waals surface area contributed by atoms with Crippen LogP contribution < -0.4 is 5.32 Å². The number of rotatable bonds is 4. The molecule has 1 aliphatic rings. The monoisotopic (exact) mass is 389 g/mol. The zero-order valence-electron chi connectivity index (χ0n) is 15.6. The number of aliphatic imine (C=N–C) groups is 1. The van der Waals surface area contributed by atoms with E-state index in [1.807, 2.05) is 36.2 Å². The zero-order valence-corrected chi connectivity index (χ0v) is 16.4. The van der Waals surface area contributed by atoms with Crippen LogP contribution in [0, 0.1) is 0 Å². The summed E-state index contributed by atoms with van der Waals surface area (Å²) in [6.45, 7) is 3.37. The molecule has 1 aromatic heterocycles. The van der Waals surface area contributed by atoms with Gasteiger partial charge in [-0.05, 0) is 17.7 Å². The van der Waals surface area contributed by atoms with Gasteiger partial charge >= 0.3 is 0 Å². The van der Waals surface area contributed by atoms with E-state index < -0.39 is 0 Å². The van der Waals surface area contributed by atoms with Crippen LogP contribution in [0.3, 0.4) is 0 Å². The first-order valence-electron chi connectivity index (χ1n) is 8.87. The van der Waals surface area contributed by atoms with Gasteiger partial charge < -0.3 is 15.1 Å². The van der Waals surface area contributed by atoms with Crippen LogP contribution in [0.1, 0.15) is 11.4 Å². The summed E-state index contributed by atoms with van der Waals surface area (Å²) in [6, 6.07) is 7.45. The van der Waals surface area contributed by atoms with Crippen molar-refractivity contribution in [3.63, 3.8) is 0 Å². The highest BCUT2D eigenvalue weighted by atomic mass is 35.5. The Morgan fingerprint density at radius 2 is 2.00 bits per heavy atom. The van der Waals surface area contributed by atoms with Crippen molar-refractivity contribution in [3.8, 4) is 0 Å². The number of amides is 1. The highest BCUT2D eigenvalue weighted by Gasteiger charge is 2.23. The van der Waals surface area contributed by atoms with E-state index in [1.165, 1.54) is 6.33 Å². The molecule has 1 aliphatic heterocycles.